The van der Waals surface area contributed by atoms with E-state index in [0.29, 0.717) is 55.5 Å². The number of sulfone groups is 4. The monoisotopic (exact) mass is 2130 g/mol. The maximum Gasteiger partial charge on any atom is 0.265 e. The van der Waals surface area contributed by atoms with Crippen LogP contribution in [0.4, 0.5) is 5.69 Å². The molecule has 8 aliphatic heterocycles. The zero-order valence-electron chi connectivity index (χ0n) is 85.8. The number of carbonyl (C=O) groups excluding carboxylic acids is 4. The van der Waals surface area contributed by atoms with Gasteiger partial charge in [-0.3, -0.25) is 54.7 Å². The van der Waals surface area contributed by atoms with Gasteiger partial charge in [-0.1, -0.05) is 50.2 Å². The number of benzene rings is 8. The molecule has 4 amide bonds. The van der Waals surface area contributed by atoms with E-state index in [2.05, 4.69) is 101 Å². The van der Waals surface area contributed by atoms with E-state index in [9.17, 15) is 68.5 Å². The second kappa shape index (κ2) is 53.9. The van der Waals surface area contributed by atoms with Gasteiger partial charge in [-0.05, 0) is 358 Å². The Bertz CT molecular complexity index is 6180. The standard InChI is InChI=1S/C29H40N2O6S.C28H38N2O8S.C27H36N2O7S.C25H32N2O6S/c1-3-22-19-24-11-15-31(21-25(24)20-23(22)4-2)14-5-6-16-37-26-7-9-27(10-8-26)38(34,35)29(28(32)30-33)12-17-36-18-13-29;1-20-16-21-17-25(35-2)26(36-3)18-22(21)19-30(20)12-4-5-13-38-23-6-8-24(9-7-23)39(33,34)28(27(31)29-32)10-14-37-15-11-28;1-34-23-9-12-25-21(20-23)6-5-16-29(25)15-3-2-4-17-36-22-7-10-24(11-8-22)37(32,33)27(26(30)28-31)13-18-35-19-14-27;28-24(26-29)25(12-17-32-18-13-25)34(30,31)23-9-7-22(8-10-23)33-16-4-3-14-27-15-11-20-5-1-2-6-21(20)19-27/h7-10,19-20,33H,3-6,11-18,21H2,1-2H3,(H,30,32);6-9,17-18,20,32H,4-5,10-16,19H2,1-3H3,(H,29,31);7-12,20,31H,2-6,13-19H2,1H3,(H,28,30);1-2,5-10,29H,3-4,11-19H2,(H,26,28). The van der Waals surface area contributed by atoms with Gasteiger partial charge in [0.15, 0.2) is 69.8 Å². The fourth-order valence-corrected chi connectivity index (χ4v) is 28.6. The third-order valence-corrected chi connectivity index (χ3v) is 39.9. The van der Waals surface area contributed by atoms with E-state index < -0.39 is 82.0 Å². The summed E-state index contributed by atoms with van der Waals surface area (Å²) in [4.78, 5) is 59.4. The van der Waals surface area contributed by atoms with Crippen molar-refractivity contribution in [1.82, 2.24) is 36.6 Å². The van der Waals surface area contributed by atoms with Crippen molar-refractivity contribution in [3.05, 3.63) is 214 Å². The van der Waals surface area contributed by atoms with Crippen molar-refractivity contribution in [3.8, 4) is 40.2 Å². The maximum atomic E-state index is 13.4. The number of nitrogens with one attached hydrogen (secondary N) is 4. The Kier molecular flexibility index (Phi) is 41.7. The summed E-state index contributed by atoms with van der Waals surface area (Å²) in [5, 5.41) is 36.7. The van der Waals surface area contributed by atoms with Crippen LogP contribution in [0.3, 0.4) is 0 Å². The van der Waals surface area contributed by atoms with Crippen LogP contribution in [0, 0.1) is 0 Å². The minimum Gasteiger partial charge on any atom is -0.497 e. The molecule has 0 spiro atoms. The molecule has 0 bridgehead atoms. The SMILES string of the molecule is CCc1cc2c(cc1CC)CN(CCCCOc1ccc(S(=O)(=O)C3(C(=O)NO)CCOCC3)cc1)CC2.COc1cc2c(cc1OC)CN(CCCCOc1ccc(S(=O)(=O)C3(C(=O)NO)CCOCC3)cc1)C(C)C2.COc1ccc2c(c1)CCCN2CCCCCOc1ccc(S(=O)(=O)C2(C(=O)NO)CCOCC2)cc1.O=C(NO)C1(S(=O)(=O)c2ccc(OCCCCN3CCc4ccccc4C3)cc2)CCOCC1. The van der Waals surface area contributed by atoms with Gasteiger partial charge < -0.3 is 57.0 Å². The number of ether oxygens (including phenoxy) is 11. The molecular formula is C109H146N8O27S4. The number of hydrogen-bond acceptors (Lipinski definition) is 31. The fourth-order valence-electron chi connectivity index (χ4n) is 20.9. The van der Waals surface area contributed by atoms with Crippen LogP contribution in [0.1, 0.15) is 186 Å². The van der Waals surface area contributed by atoms with Gasteiger partial charge >= 0.3 is 0 Å². The number of anilines is 1. The van der Waals surface area contributed by atoms with Gasteiger partial charge in [0.1, 0.15) is 28.7 Å². The van der Waals surface area contributed by atoms with Crippen molar-refractivity contribution in [1.29, 1.82) is 0 Å². The average molecular weight is 2130 g/mol. The summed E-state index contributed by atoms with van der Waals surface area (Å²) in [7, 11) is -11.2. The molecule has 8 N–H and O–H groups in total. The Labute approximate surface area is 870 Å². The van der Waals surface area contributed by atoms with Gasteiger partial charge in [0.2, 0.25) is 0 Å². The number of amides is 4. The lowest BCUT2D eigenvalue weighted by molar-refractivity contribution is -0.135. The number of fused-ring (bicyclic) bond motifs is 4. The maximum absolute atomic E-state index is 13.4. The number of hydroxylamine groups is 4. The highest BCUT2D eigenvalue weighted by molar-refractivity contribution is 7.94. The molecule has 148 heavy (non-hydrogen) atoms. The van der Waals surface area contributed by atoms with Crippen LogP contribution in [0.5, 0.6) is 40.2 Å². The predicted octanol–water partition coefficient (Wildman–Crippen LogP) is 13.3. The smallest absolute Gasteiger partial charge is 0.265 e. The van der Waals surface area contributed by atoms with E-state index in [4.69, 9.17) is 57.3 Å². The Morgan fingerprint density at radius 1 is 0.351 bits per heavy atom. The van der Waals surface area contributed by atoms with Gasteiger partial charge in [0, 0.05) is 110 Å². The zero-order chi connectivity index (χ0) is 106. The van der Waals surface area contributed by atoms with E-state index in [1.165, 1.54) is 126 Å². The van der Waals surface area contributed by atoms with Crippen LogP contribution in [0.15, 0.2) is 183 Å². The first-order chi connectivity index (χ1) is 71.5. The summed E-state index contributed by atoms with van der Waals surface area (Å²) in [5.74, 6) is 1.01. The Morgan fingerprint density at radius 2 is 0.689 bits per heavy atom. The predicted molar refractivity (Wildman–Crippen MR) is 555 cm³/mol. The fraction of sp³-hybridized carbons (Fsp3) is 0.523. The minimum atomic E-state index is -4.06. The topological polar surface area (TPSA) is 448 Å². The molecule has 8 heterocycles. The Hall–Kier alpha value is -10.6. The molecule has 0 aliphatic carbocycles. The first kappa shape index (κ1) is 115. The van der Waals surface area contributed by atoms with Gasteiger partial charge in [-0.25, -0.2) is 55.6 Å². The third kappa shape index (κ3) is 27.1. The van der Waals surface area contributed by atoms with Gasteiger partial charge in [-0.15, -0.1) is 0 Å². The second-order valence-corrected chi connectivity index (χ2v) is 47.7. The summed E-state index contributed by atoms with van der Waals surface area (Å²) in [6.45, 7) is 20.0. The molecule has 8 aliphatic rings. The van der Waals surface area contributed by atoms with E-state index in [0.717, 1.165) is 185 Å². The summed E-state index contributed by atoms with van der Waals surface area (Å²) in [6.07, 6.45) is 16.1. The number of rotatable bonds is 42. The quantitative estimate of drug-likeness (QED) is 0.0100. The molecule has 1 unspecified atom stereocenters. The third-order valence-electron chi connectivity index (χ3n) is 29.9. The van der Waals surface area contributed by atoms with Crippen molar-refractivity contribution in [2.45, 2.75) is 239 Å². The largest absolute Gasteiger partial charge is 0.497 e. The zero-order valence-corrected chi connectivity index (χ0v) is 89.1. The number of nitrogens with zero attached hydrogens (tertiary/aromatic N) is 4. The van der Waals surface area contributed by atoms with Crippen molar-refractivity contribution < 1.29 is 126 Å². The Morgan fingerprint density at radius 3 is 1.07 bits per heavy atom. The molecule has 808 valence electrons. The molecule has 1 atom stereocenters. The lowest BCUT2D eigenvalue weighted by atomic mass is 9.91. The highest BCUT2D eigenvalue weighted by Crippen LogP contribution is 2.43. The van der Waals surface area contributed by atoms with E-state index in [-0.39, 0.29) is 124 Å². The van der Waals surface area contributed by atoms with E-state index in [1.807, 2.05) is 6.07 Å². The Balaban J connectivity index is 0.000000165. The number of unbranched alkanes of at least 4 members (excludes halogenated alkanes) is 5. The van der Waals surface area contributed by atoms with Crippen LogP contribution < -0.4 is 60.0 Å². The molecule has 8 aromatic rings. The first-order valence-corrected chi connectivity index (χ1v) is 57.4. The van der Waals surface area contributed by atoms with Gasteiger partial charge in [-0.2, -0.15) is 0 Å². The molecule has 4 fully saturated rings. The molecule has 0 aromatic heterocycles. The molecule has 16 rings (SSSR count). The normalized spacial score (nSPS) is 18.0. The number of aryl methyl sites for hydroxylation is 3. The molecule has 8 aromatic carbocycles. The minimum absolute atomic E-state index is 0.00830. The highest BCUT2D eigenvalue weighted by atomic mass is 32.2. The summed E-state index contributed by atoms with van der Waals surface area (Å²) in [6, 6.07) is 48.8. The number of carbonyl (C=O) groups is 4. The van der Waals surface area contributed by atoms with E-state index in [1.54, 1.807) is 69.9 Å². The lowest BCUT2D eigenvalue weighted by Crippen LogP contribution is -2.54. The molecule has 39 heteroatoms. The number of hydrogen-bond donors (Lipinski definition) is 8. The van der Waals surface area contributed by atoms with Gasteiger partial charge in [0.25, 0.3) is 23.6 Å². The molecule has 0 radical (unpaired) electrons. The number of methoxy groups -OCH3 is 3. The van der Waals surface area contributed by atoms with Crippen molar-refractivity contribution in [2.24, 2.45) is 0 Å². The lowest BCUT2D eigenvalue weighted by Gasteiger charge is -2.35. The van der Waals surface area contributed by atoms with Crippen molar-refractivity contribution >= 4 is 68.7 Å². The van der Waals surface area contributed by atoms with Crippen LogP contribution in [-0.2, 0) is 136 Å². The van der Waals surface area contributed by atoms with E-state index >= 15 is 0 Å². The summed E-state index contributed by atoms with van der Waals surface area (Å²) >= 11 is 0. The van der Waals surface area contributed by atoms with Crippen LogP contribution in [0.2, 0.25) is 0 Å². The summed E-state index contributed by atoms with van der Waals surface area (Å²) in [5.41, 5.74) is 20.1. The van der Waals surface area contributed by atoms with Crippen LogP contribution in [-0.4, -0.2) is 264 Å². The first-order valence-electron chi connectivity index (χ1n) is 51.5. The second-order valence-electron chi connectivity index (χ2n) is 38.7. The van der Waals surface area contributed by atoms with Gasteiger partial charge in [0.05, 0.1) is 67.3 Å². The molecular weight excluding hydrogens is 1980 g/mol. The average Bonchev–Trinajstić information content (AvgIpc) is 0.755. The molecule has 35 nitrogen and oxygen atoms in total. The van der Waals surface area contributed by atoms with Crippen LogP contribution in [0.25, 0.3) is 0 Å². The van der Waals surface area contributed by atoms with Crippen LogP contribution >= 0.6 is 0 Å². The van der Waals surface area contributed by atoms with Crippen molar-refractivity contribution in [2.75, 3.05) is 151 Å². The molecule has 4 saturated heterocycles. The summed E-state index contributed by atoms with van der Waals surface area (Å²) < 4.78 is 160. The van der Waals surface area contributed by atoms with Crippen molar-refractivity contribution in [3.63, 3.8) is 0 Å². The highest BCUT2D eigenvalue weighted by Gasteiger charge is 2.56. The molecule has 0 saturated carbocycles.